The lowest BCUT2D eigenvalue weighted by Crippen LogP contribution is -2.15. The van der Waals surface area contributed by atoms with Crippen LogP contribution in [0.3, 0.4) is 0 Å². The van der Waals surface area contributed by atoms with Crippen LogP contribution in [-0.4, -0.2) is 9.78 Å². The topological polar surface area (TPSA) is 43.8 Å². The third-order valence-corrected chi connectivity index (χ3v) is 2.18. The van der Waals surface area contributed by atoms with Gasteiger partial charge in [-0.1, -0.05) is 19.1 Å². The average Bonchev–Trinajstić information content (AvgIpc) is 2.45. The zero-order chi connectivity index (χ0) is 10.0. The van der Waals surface area contributed by atoms with E-state index in [-0.39, 0.29) is 6.04 Å². The Morgan fingerprint density at radius 2 is 2.38 bits per heavy atom. The Bertz CT molecular complexity index is 312. The molecule has 0 radical (unpaired) electrons. The van der Waals surface area contributed by atoms with Gasteiger partial charge in [0.2, 0.25) is 0 Å². The molecular formula is C10H17N3. The van der Waals surface area contributed by atoms with Gasteiger partial charge in [0.1, 0.15) is 0 Å². The molecule has 0 aliphatic carbocycles. The molecule has 0 saturated carbocycles. The van der Waals surface area contributed by atoms with E-state index in [2.05, 4.69) is 18.6 Å². The van der Waals surface area contributed by atoms with E-state index in [1.54, 1.807) is 0 Å². The molecule has 3 heteroatoms. The van der Waals surface area contributed by atoms with Gasteiger partial charge in [0.15, 0.2) is 0 Å². The summed E-state index contributed by atoms with van der Waals surface area (Å²) in [5.74, 6) is 0. The third kappa shape index (κ3) is 1.98. The van der Waals surface area contributed by atoms with Gasteiger partial charge in [0.05, 0.1) is 17.4 Å². The van der Waals surface area contributed by atoms with Gasteiger partial charge in [-0.05, 0) is 19.4 Å². The van der Waals surface area contributed by atoms with E-state index in [0.717, 1.165) is 23.4 Å². The van der Waals surface area contributed by atoms with Crippen LogP contribution in [0, 0.1) is 0 Å². The highest BCUT2D eigenvalue weighted by atomic mass is 15.3. The number of aryl methyl sites for hydroxylation is 2. The van der Waals surface area contributed by atoms with Crippen molar-refractivity contribution in [3.05, 3.63) is 29.6 Å². The molecule has 13 heavy (non-hydrogen) atoms. The Labute approximate surface area is 79.2 Å². The molecule has 2 N–H and O–H groups in total. The second-order valence-electron chi connectivity index (χ2n) is 3.36. The summed E-state index contributed by atoms with van der Waals surface area (Å²) in [6.07, 6.45) is 0.941. The second kappa shape index (κ2) is 3.75. The average molecular weight is 179 g/mol. The van der Waals surface area contributed by atoms with E-state index < -0.39 is 0 Å². The van der Waals surface area contributed by atoms with Gasteiger partial charge in [0, 0.05) is 7.05 Å². The first-order chi connectivity index (χ1) is 6.06. The number of nitrogens with zero attached hydrogens (tertiary/aromatic N) is 2. The fraction of sp³-hybridized carbons (Fsp3) is 0.500. The quantitative estimate of drug-likeness (QED) is 0.715. The summed E-state index contributed by atoms with van der Waals surface area (Å²) in [6.45, 7) is 7.86. The lowest BCUT2D eigenvalue weighted by atomic mass is 10.1. The van der Waals surface area contributed by atoms with Gasteiger partial charge in [-0.3, -0.25) is 4.68 Å². The van der Waals surface area contributed by atoms with Crippen molar-refractivity contribution < 1.29 is 0 Å². The molecule has 1 rings (SSSR count). The highest BCUT2D eigenvalue weighted by Crippen LogP contribution is 2.17. The van der Waals surface area contributed by atoms with Crippen LogP contribution in [0.2, 0.25) is 0 Å². The molecule has 0 aliphatic rings. The fourth-order valence-corrected chi connectivity index (χ4v) is 1.26. The number of hydrogen-bond donors (Lipinski definition) is 1. The predicted molar refractivity (Wildman–Crippen MR) is 54.3 cm³/mol. The Kier molecular flexibility index (Phi) is 2.88. The molecule has 1 heterocycles. The van der Waals surface area contributed by atoms with Crippen molar-refractivity contribution >= 4 is 0 Å². The van der Waals surface area contributed by atoms with Crippen LogP contribution < -0.4 is 5.73 Å². The largest absolute Gasteiger partial charge is 0.319 e. The molecule has 0 spiro atoms. The predicted octanol–water partition coefficient (Wildman–Crippen LogP) is 1.56. The van der Waals surface area contributed by atoms with E-state index in [4.69, 9.17) is 5.73 Å². The van der Waals surface area contributed by atoms with Crippen LogP contribution in [-0.2, 0) is 13.5 Å². The van der Waals surface area contributed by atoms with Gasteiger partial charge in [-0.15, -0.1) is 0 Å². The Balaban J connectivity index is 3.00. The minimum atomic E-state index is -0.0993. The molecule has 0 bridgehead atoms. The SMILES string of the molecule is C=C(C)C(N)c1cc(CC)nn1C. The minimum Gasteiger partial charge on any atom is -0.319 e. The molecule has 72 valence electrons. The normalized spacial score (nSPS) is 12.9. The highest BCUT2D eigenvalue weighted by Gasteiger charge is 2.12. The van der Waals surface area contributed by atoms with Gasteiger partial charge in [0.25, 0.3) is 0 Å². The minimum absolute atomic E-state index is 0.0993. The summed E-state index contributed by atoms with van der Waals surface area (Å²) in [6, 6.07) is 1.94. The zero-order valence-corrected chi connectivity index (χ0v) is 8.54. The summed E-state index contributed by atoms with van der Waals surface area (Å²) >= 11 is 0. The van der Waals surface area contributed by atoms with Crippen molar-refractivity contribution in [2.24, 2.45) is 12.8 Å². The van der Waals surface area contributed by atoms with Crippen LogP contribution in [0.5, 0.6) is 0 Å². The lowest BCUT2D eigenvalue weighted by molar-refractivity contribution is 0.661. The molecule has 0 aliphatic heterocycles. The van der Waals surface area contributed by atoms with E-state index in [1.165, 1.54) is 0 Å². The molecular weight excluding hydrogens is 162 g/mol. The van der Waals surface area contributed by atoms with Crippen molar-refractivity contribution in [2.45, 2.75) is 26.3 Å². The number of aromatic nitrogens is 2. The first-order valence-electron chi connectivity index (χ1n) is 4.50. The third-order valence-electron chi connectivity index (χ3n) is 2.18. The van der Waals surface area contributed by atoms with Gasteiger partial charge in [-0.2, -0.15) is 5.10 Å². The zero-order valence-electron chi connectivity index (χ0n) is 8.54. The Hall–Kier alpha value is -1.09. The van der Waals surface area contributed by atoms with Crippen LogP contribution in [0.4, 0.5) is 0 Å². The first kappa shape index (κ1) is 9.99. The molecule has 0 saturated heterocycles. The summed E-state index contributed by atoms with van der Waals surface area (Å²) in [7, 11) is 1.91. The summed E-state index contributed by atoms with van der Waals surface area (Å²) in [5.41, 5.74) is 9.02. The van der Waals surface area contributed by atoms with Gasteiger partial charge >= 0.3 is 0 Å². The molecule has 3 nitrogen and oxygen atoms in total. The van der Waals surface area contributed by atoms with Crippen molar-refractivity contribution in [1.82, 2.24) is 9.78 Å². The van der Waals surface area contributed by atoms with Gasteiger partial charge < -0.3 is 5.73 Å². The standard InChI is InChI=1S/C10H17N3/c1-5-8-6-9(13(4)12-8)10(11)7(2)3/h6,10H,2,5,11H2,1,3-4H3. The summed E-state index contributed by atoms with van der Waals surface area (Å²) in [4.78, 5) is 0. The second-order valence-corrected chi connectivity index (χ2v) is 3.36. The van der Waals surface area contributed by atoms with Crippen molar-refractivity contribution in [3.63, 3.8) is 0 Å². The van der Waals surface area contributed by atoms with Crippen molar-refractivity contribution in [3.8, 4) is 0 Å². The monoisotopic (exact) mass is 179 g/mol. The fourth-order valence-electron chi connectivity index (χ4n) is 1.26. The maximum Gasteiger partial charge on any atom is 0.0677 e. The molecule has 0 aromatic carbocycles. The van der Waals surface area contributed by atoms with E-state index in [9.17, 15) is 0 Å². The van der Waals surface area contributed by atoms with E-state index in [1.807, 2.05) is 24.7 Å². The number of nitrogens with two attached hydrogens (primary N) is 1. The molecule has 1 atom stereocenters. The van der Waals surface area contributed by atoms with E-state index in [0.29, 0.717) is 0 Å². The molecule has 1 aromatic rings. The van der Waals surface area contributed by atoms with Gasteiger partial charge in [-0.25, -0.2) is 0 Å². The Morgan fingerprint density at radius 3 is 2.77 bits per heavy atom. The molecule has 1 aromatic heterocycles. The summed E-state index contributed by atoms with van der Waals surface area (Å²) in [5, 5.41) is 4.33. The van der Waals surface area contributed by atoms with Crippen molar-refractivity contribution in [1.29, 1.82) is 0 Å². The molecule has 1 unspecified atom stereocenters. The number of rotatable bonds is 3. The highest BCUT2D eigenvalue weighted by molar-refractivity contribution is 5.21. The van der Waals surface area contributed by atoms with Crippen LogP contribution >= 0.6 is 0 Å². The van der Waals surface area contributed by atoms with E-state index >= 15 is 0 Å². The van der Waals surface area contributed by atoms with Crippen LogP contribution in [0.15, 0.2) is 18.2 Å². The van der Waals surface area contributed by atoms with Crippen LogP contribution in [0.25, 0.3) is 0 Å². The molecule has 0 amide bonds. The smallest absolute Gasteiger partial charge is 0.0677 e. The van der Waals surface area contributed by atoms with Crippen LogP contribution in [0.1, 0.15) is 31.3 Å². The maximum atomic E-state index is 5.95. The Morgan fingerprint density at radius 1 is 1.77 bits per heavy atom. The number of hydrogen-bond acceptors (Lipinski definition) is 2. The summed E-state index contributed by atoms with van der Waals surface area (Å²) < 4.78 is 1.83. The maximum absolute atomic E-state index is 5.95. The first-order valence-corrected chi connectivity index (χ1v) is 4.50. The van der Waals surface area contributed by atoms with Crippen molar-refractivity contribution in [2.75, 3.05) is 0 Å². The lowest BCUT2D eigenvalue weighted by Gasteiger charge is -2.10. The molecule has 0 fully saturated rings.